The van der Waals surface area contributed by atoms with E-state index in [-0.39, 0.29) is 0 Å². The van der Waals surface area contributed by atoms with Crippen molar-refractivity contribution in [2.45, 2.75) is 51.9 Å². The lowest BCUT2D eigenvalue weighted by atomic mass is 9.87. The molecule has 0 heterocycles. The fraction of sp³-hybridized carbons (Fsp3) is 0.625. The van der Waals surface area contributed by atoms with Crippen LogP contribution >= 0.6 is 0 Å². The predicted molar refractivity (Wildman–Crippen MR) is 72.4 cm³/mol. The molecule has 1 aliphatic carbocycles. The molecule has 1 atom stereocenters. The number of benzene rings is 1. The maximum absolute atomic E-state index is 9.20. The Hall–Kier alpha value is -0.820. The zero-order valence-corrected chi connectivity index (χ0v) is 11.1. The van der Waals surface area contributed by atoms with Gasteiger partial charge in [0.25, 0.3) is 0 Å². The lowest BCUT2D eigenvalue weighted by molar-refractivity contribution is 0.267. The van der Waals surface area contributed by atoms with E-state index in [0.717, 1.165) is 6.42 Å². The monoisotopic (exact) mass is 232 g/mol. The summed E-state index contributed by atoms with van der Waals surface area (Å²) in [5.74, 6) is 1.23. The molecule has 0 bridgehead atoms. The average molecular weight is 232 g/mol. The molecule has 1 N–H and O–H groups in total. The van der Waals surface area contributed by atoms with Gasteiger partial charge >= 0.3 is 0 Å². The first kappa shape index (κ1) is 12.6. The van der Waals surface area contributed by atoms with Crippen LogP contribution in [0.5, 0.6) is 0 Å². The number of fused-ring (bicyclic) bond motifs is 1. The quantitative estimate of drug-likeness (QED) is 0.821. The standard InChI is InChI=1S/C16H24O/c1-12(2)10-16(8-9-17)15-7-6-13-4-3-5-14(13)11-15/h6-7,11-12,16-17H,3-5,8-10H2,1-2H3. The van der Waals surface area contributed by atoms with Gasteiger partial charge in [0.05, 0.1) is 0 Å². The highest BCUT2D eigenvalue weighted by Gasteiger charge is 2.16. The Labute approximate surface area is 105 Å². The number of aliphatic hydroxyl groups excluding tert-OH is 1. The largest absolute Gasteiger partial charge is 0.396 e. The minimum Gasteiger partial charge on any atom is -0.396 e. The lowest BCUT2D eigenvalue weighted by Crippen LogP contribution is -2.06. The van der Waals surface area contributed by atoms with Gasteiger partial charge in [-0.1, -0.05) is 32.0 Å². The van der Waals surface area contributed by atoms with Gasteiger partial charge in [-0.3, -0.25) is 0 Å². The maximum Gasteiger partial charge on any atom is 0.0436 e. The lowest BCUT2D eigenvalue weighted by Gasteiger charge is -2.19. The van der Waals surface area contributed by atoms with Gasteiger partial charge in [-0.15, -0.1) is 0 Å². The van der Waals surface area contributed by atoms with Crippen molar-refractivity contribution < 1.29 is 5.11 Å². The average Bonchev–Trinajstić information content (AvgIpc) is 2.74. The van der Waals surface area contributed by atoms with Crippen molar-refractivity contribution in [3.63, 3.8) is 0 Å². The van der Waals surface area contributed by atoms with Gasteiger partial charge in [0.2, 0.25) is 0 Å². The van der Waals surface area contributed by atoms with Gasteiger partial charge in [-0.2, -0.15) is 0 Å². The summed E-state index contributed by atoms with van der Waals surface area (Å²) < 4.78 is 0. The third-order valence-electron chi connectivity index (χ3n) is 3.83. The van der Waals surface area contributed by atoms with Gasteiger partial charge in [0.15, 0.2) is 0 Å². The molecule has 0 aliphatic heterocycles. The molecule has 2 rings (SSSR count). The number of rotatable bonds is 5. The highest BCUT2D eigenvalue weighted by Crippen LogP contribution is 2.31. The van der Waals surface area contributed by atoms with E-state index in [1.807, 2.05) is 0 Å². The molecule has 94 valence electrons. The van der Waals surface area contributed by atoms with Crippen LogP contribution in [-0.2, 0) is 12.8 Å². The zero-order valence-electron chi connectivity index (χ0n) is 11.1. The Morgan fingerprint density at radius 1 is 1.18 bits per heavy atom. The molecular weight excluding hydrogens is 208 g/mol. The fourth-order valence-corrected chi connectivity index (χ4v) is 2.99. The molecule has 1 aromatic carbocycles. The second-order valence-electron chi connectivity index (χ2n) is 5.72. The van der Waals surface area contributed by atoms with Crippen LogP contribution in [0.25, 0.3) is 0 Å². The summed E-state index contributed by atoms with van der Waals surface area (Å²) >= 11 is 0. The summed E-state index contributed by atoms with van der Waals surface area (Å²) in [6, 6.07) is 6.99. The van der Waals surface area contributed by atoms with Crippen LogP contribution in [0.2, 0.25) is 0 Å². The van der Waals surface area contributed by atoms with Crippen LogP contribution < -0.4 is 0 Å². The summed E-state index contributed by atoms with van der Waals surface area (Å²) in [6.07, 6.45) is 5.89. The number of aryl methyl sites for hydroxylation is 2. The van der Waals surface area contributed by atoms with Gasteiger partial charge < -0.3 is 5.11 Å². The summed E-state index contributed by atoms with van der Waals surface area (Å²) in [7, 11) is 0. The van der Waals surface area contributed by atoms with E-state index in [2.05, 4.69) is 32.0 Å². The van der Waals surface area contributed by atoms with Crippen LogP contribution in [0.4, 0.5) is 0 Å². The van der Waals surface area contributed by atoms with E-state index in [1.54, 1.807) is 11.1 Å². The van der Waals surface area contributed by atoms with Crippen LogP contribution in [0.15, 0.2) is 18.2 Å². The van der Waals surface area contributed by atoms with Gasteiger partial charge in [0.1, 0.15) is 0 Å². The molecule has 0 saturated heterocycles. The topological polar surface area (TPSA) is 20.2 Å². The highest BCUT2D eigenvalue weighted by atomic mass is 16.3. The molecule has 0 fully saturated rings. The van der Waals surface area contributed by atoms with Crippen LogP contribution in [0.1, 0.15) is 55.7 Å². The fourth-order valence-electron chi connectivity index (χ4n) is 2.99. The van der Waals surface area contributed by atoms with Crippen LogP contribution in [0.3, 0.4) is 0 Å². The number of aliphatic hydroxyl groups is 1. The Kier molecular flexibility index (Phi) is 4.22. The summed E-state index contributed by atoms with van der Waals surface area (Å²) in [5.41, 5.74) is 4.53. The molecule has 1 aromatic rings. The Bertz CT molecular complexity index is 368. The Morgan fingerprint density at radius 2 is 1.94 bits per heavy atom. The normalized spacial score (nSPS) is 16.2. The highest BCUT2D eigenvalue weighted by molar-refractivity contribution is 5.36. The predicted octanol–water partition coefficient (Wildman–Crippen LogP) is 3.69. The van der Waals surface area contributed by atoms with Crippen molar-refractivity contribution in [1.29, 1.82) is 0 Å². The van der Waals surface area contributed by atoms with Crippen molar-refractivity contribution in [1.82, 2.24) is 0 Å². The van der Waals surface area contributed by atoms with Gasteiger partial charge in [-0.05, 0) is 60.6 Å². The smallest absolute Gasteiger partial charge is 0.0436 e. The molecule has 17 heavy (non-hydrogen) atoms. The molecule has 1 aliphatic rings. The summed E-state index contributed by atoms with van der Waals surface area (Å²) in [4.78, 5) is 0. The molecule has 0 radical (unpaired) electrons. The molecule has 0 aromatic heterocycles. The molecular formula is C16H24O. The van der Waals surface area contributed by atoms with Crippen molar-refractivity contribution in [2.75, 3.05) is 6.61 Å². The molecule has 0 saturated carbocycles. The third-order valence-corrected chi connectivity index (χ3v) is 3.83. The first-order valence-electron chi connectivity index (χ1n) is 6.93. The molecule has 1 heteroatoms. The molecule has 1 nitrogen and oxygen atoms in total. The number of hydrogen-bond donors (Lipinski definition) is 1. The van der Waals surface area contributed by atoms with Crippen LogP contribution in [0, 0.1) is 5.92 Å². The first-order valence-corrected chi connectivity index (χ1v) is 6.93. The second-order valence-corrected chi connectivity index (χ2v) is 5.72. The molecule has 0 spiro atoms. The van der Waals surface area contributed by atoms with E-state index in [9.17, 15) is 5.11 Å². The Morgan fingerprint density at radius 3 is 2.65 bits per heavy atom. The second kappa shape index (κ2) is 5.68. The third kappa shape index (κ3) is 3.10. The van der Waals surface area contributed by atoms with Crippen molar-refractivity contribution in [3.8, 4) is 0 Å². The van der Waals surface area contributed by atoms with Crippen molar-refractivity contribution in [2.24, 2.45) is 5.92 Å². The first-order chi connectivity index (χ1) is 8.20. The van der Waals surface area contributed by atoms with Crippen LogP contribution in [-0.4, -0.2) is 11.7 Å². The SMILES string of the molecule is CC(C)CC(CCO)c1ccc2c(c1)CCC2. The number of hydrogen-bond acceptors (Lipinski definition) is 1. The van der Waals surface area contributed by atoms with Gasteiger partial charge in [0, 0.05) is 6.61 Å². The zero-order chi connectivity index (χ0) is 12.3. The van der Waals surface area contributed by atoms with E-state index in [1.165, 1.54) is 31.2 Å². The van der Waals surface area contributed by atoms with E-state index < -0.39 is 0 Å². The van der Waals surface area contributed by atoms with E-state index in [4.69, 9.17) is 0 Å². The molecule has 0 amide bonds. The Balaban J connectivity index is 2.17. The van der Waals surface area contributed by atoms with Crippen molar-refractivity contribution in [3.05, 3.63) is 34.9 Å². The maximum atomic E-state index is 9.20. The van der Waals surface area contributed by atoms with E-state index >= 15 is 0 Å². The minimum atomic E-state index is 0.300. The van der Waals surface area contributed by atoms with Gasteiger partial charge in [-0.25, -0.2) is 0 Å². The summed E-state index contributed by atoms with van der Waals surface area (Å²) in [5, 5.41) is 9.20. The van der Waals surface area contributed by atoms with Crippen molar-refractivity contribution >= 4 is 0 Å². The van der Waals surface area contributed by atoms with E-state index in [0.29, 0.717) is 18.4 Å². The minimum absolute atomic E-state index is 0.300. The molecule has 1 unspecified atom stereocenters. The summed E-state index contributed by atoms with van der Waals surface area (Å²) in [6.45, 7) is 4.82.